The minimum atomic E-state index is -2.04. The lowest BCUT2D eigenvalue weighted by Crippen LogP contribution is -2.63. The Kier molecular flexibility index (Phi) is 32.1. The molecule has 32 heteroatoms. The number of carbonyl (C=O) groups excluding carboxylic acids is 11. The molecule has 0 saturated heterocycles. The van der Waals surface area contributed by atoms with Crippen molar-refractivity contribution in [3.8, 4) is 22.3 Å². The predicted molar refractivity (Wildman–Crippen MR) is 385 cm³/mol. The van der Waals surface area contributed by atoms with Crippen LogP contribution < -0.4 is 64.6 Å². The van der Waals surface area contributed by atoms with E-state index >= 15 is 0 Å². The monoisotopic (exact) mass is 1460 g/mol. The Bertz CT molecular complexity index is 4030. The molecule has 6 rings (SSSR count). The quantitative estimate of drug-likeness (QED) is 0.0212. The number of aromatic amines is 1. The second kappa shape index (κ2) is 40.9. The highest BCUT2D eigenvalue weighted by atomic mass is 16.4. The Labute approximate surface area is 610 Å². The summed E-state index contributed by atoms with van der Waals surface area (Å²) in [4.78, 5) is 182. The largest absolute Gasteiger partial charge is 0.481 e. The van der Waals surface area contributed by atoms with E-state index in [4.69, 9.17) is 11.5 Å². The second-order valence-corrected chi connectivity index (χ2v) is 25.5. The Morgan fingerprint density at radius 1 is 0.491 bits per heavy atom. The van der Waals surface area contributed by atoms with Crippen LogP contribution in [0, 0.1) is 6.92 Å². The van der Waals surface area contributed by atoms with Crippen LogP contribution in [-0.2, 0) is 94.4 Å². The first-order valence-electron chi connectivity index (χ1n) is 34.2. The van der Waals surface area contributed by atoms with Crippen molar-refractivity contribution in [3.05, 3.63) is 173 Å². The lowest BCUT2D eigenvalue weighted by Gasteiger charge is -2.28. The first-order valence-corrected chi connectivity index (χ1v) is 34.2. The lowest BCUT2D eigenvalue weighted by molar-refractivity contribution is -0.142. The molecule has 32 nitrogen and oxygen atoms in total. The zero-order chi connectivity index (χ0) is 77.7. The summed E-state index contributed by atoms with van der Waals surface area (Å²) in [5.41, 5.74) is 19.6. The van der Waals surface area contributed by atoms with Crippen LogP contribution in [0.15, 0.2) is 140 Å². The Morgan fingerprint density at radius 2 is 0.972 bits per heavy atom. The van der Waals surface area contributed by atoms with Crippen molar-refractivity contribution in [2.45, 2.75) is 165 Å². The summed E-state index contributed by atoms with van der Waals surface area (Å²) in [5, 5.41) is 75.2. The Balaban J connectivity index is 1.14. The molecular weight excluding hydrogens is 1370 g/mol. The van der Waals surface area contributed by atoms with E-state index in [1.165, 1.54) is 19.4 Å². The van der Waals surface area contributed by atoms with Crippen LogP contribution in [0.5, 0.6) is 0 Å². The van der Waals surface area contributed by atoms with Crippen molar-refractivity contribution in [2.75, 3.05) is 13.2 Å². The van der Waals surface area contributed by atoms with E-state index in [9.17, 15) is 87.9 Å². The van der Waals surface area contributed by atoms with Crippen LogP contribution in [0.25, 0.3) is 22.3 Å². The molecule has 0 aliphatic heterocycles. The number of aliphatic hydroxyl groups is 3. The number of hydrogen-bond acceptors (Lipinski definition) is 18. The van der Waals surface area contributed by atoms with Gasteiger partial charge < -0.3 is 95.2 Å². The number of carboxylic acid groups (broad SMARTS) is 2. The summed E-state index contributed by atoms with van der Waals surface area (Å²) >= 11 is 0. The maximum absolute atomic E-state index is 14.5. The highest BCUT2D eigenvalue weighted by Crippen LogP contribution is 2.27. The molecule has 0 aliphatic carbocycles. The number of amides is 11. The molecule has 20 N–H and O–H groups in total. The third-order valence-electron chi connectivity index (χ3n) is 17.0. The molecule has 1 heterocycles. The Hall–Kier alpha value is -11.7. The van der Waals surface area contributed by atoms with Gasteiger partial charge in [-0.2, -0.15) is 0 Å². The van der Waals surface area contributed by atoms with E-state index in [0.29, 0.717) is 22.4 Å². The van der Waals surface area contributed by atoms with Crippen LogP contribution in [0.2, 0.25) is 0 Å². The first-order chi connectivity index (χ1) is 50.4. The number of H-pyrrole nitrogens is 1. The normalized spacial score (nSPS) is 14.5. The van der Waals surface area contributed by atoms with E-state index in [1.54, 1.807) is 54.6 Å². The van der Waals surface area contributed by atoms with Gasteiger partial charge in [-0.15, -0.1) is 0 Å². The van der Waals surface area contributed by atoms with Crippen molar-refractivity contribution < 1.29 is 87.9 Å². The summed E-state index contributed by atoms with van der Waals surface area (Å²) in [5.74, 6) is -15.0. The molecule has 5 aromatic carbocycles. The van der Waals surface area contributed by atoms with Gasteiger partial charge in [0, 0.05) is 38.3 Å². The molecule has 0 spiro atoms. The number of carbonyl (C=O) groups is 13. The number of aryl methyl sites for hydroxylation is 2. The first kappa shape index (κ1) is 83.2. The average Bonchev–Trinajstić information content (AvgIpc) is 1.04. The molecule has 6 aromatic rings. The molecule has 1 aromatic heterocycles. The minimum Gasteiger partial charge on any atom is -0.481 e. The third kappa shape index (κ3) is 25.9. The zero-order valence-electron chi connectivity index (χ0n) is 59.1. The van der Waals surface area contributed by atoms with Gasteiger partial charge in [0.1, 0.15) is 54.4 Å². The number of nitrogens with zero attached hydrogens (tertiary/aromatic N) is 1. The standard InChI is InChI=1S/C74H92N14O18/c1-6-14-47-18-11-13-20-52(47)49-27-23-46(24-28-49)33-56(69(101)82-55(65(76)97)31-45-21-25-48(26-22-45)51-19-12-10-15-40(51)2)83-70(102)58(35-62(95)96)84-72(104)59(38-89)86-74(106)64(43(5)91)88-71(103)57(32-44-16-8-7-9-17-44)85-73(105)63(42(4)90)87-60(92)37-78-68(100)54(29-30-61(93)94)81-66(98)41(3)80-67(99)53(75)34-50-36-77-39-79-50/h7-13,15-28,36,39,41-43,53-59,63-64,89-91H,6,14,29-35,37-38,75H2,1-5H3,(H2,76,97)(H,77,79)(H,78,100)(H,80,99)(H,81,98)(H,82,101)(H,83,102)(H,84,104)(H,85,105)(H,86,106)(H,87,92)(H,88,103)(H,93,94)(H,95,96)/t41-,42+,43+,53-,54-,55-,56-,57-,58-,59-,63-,64-/m0/s1. The summed E-state index contributed by atoms with van der Waals surface area (Å²) in [6.07, 6.45) is -1.88. The molecule has 0 bridgehead atoms. The van der Waals surface area contributed by atoms with Crippen LogP contribution in [0.3, 0.4) is 0 Å². The fourth-order valence-corrected chi connectivity index (χ4v) is 11.2. The number of aromatic nitrogens is 2. The number of nitrogens with one attached hydrogen (secondary N) is 11. The van der Waals surface area contributed by atoms with Crippen LogP contribution >= 0.6 is 0 Å². The summed E-state index contributed by atoms with van der Waals surface area (Å²) < 4.78 is 0. The number of aliphatic hydroxyl groups excluding tert-OH is 3. The number of imidazole rings is 1. The van der Waals surface area contributed by atoms with E-state index in [2.05, 4.69) is 70.1 Å². The third-order valence-corrected chi connectivity index (χ3v) is 17.0. The molecule has 0 fully saturated rings. The molecule has 0 radical (unpaired) electrons. The van der Waals surface area contributed by atoms with Crippen molar-refractivity contribution in [1.29, 1.82) is 0 Å². The van der Waals surface area contributed by atoms with E-state index in [0.717, 1.165) is 60.1 Å². The van der Waals surface area contributed by atoms with Crippen molar-refractivity contribution in [3.63, 3.8) is 0 Å². The van der Waals surface area contributed by atoms with Gasteiger partial charge in [-0.05, 0) is 90.6 Å². The predicted octanol–water partition coefficient (Wildman–Crippen LogP) is -1.32. The van der Waals surface area contributed by atoms with Gasteiger partial charge in [0.15, 0.2) is 0 Å². The van der Waals surface area contributed by atoms with Gasteiger partial charge in [0.05, 0.1) is 49.8 Å². The molecule has 11 amide bonds. The van der Waals surface area contributed by atoms with Gasteiger partial charge in [0.25, 0.3) is 0 Å². The number of rotatable bonds is 41. The highest BCUT2D eigenvalue weighted by molar-refractivity contribution is 6.00. The molecule has 566 valence electrons. The SMILES string of the molecule is CCCc1ccccc1-c1ccc(C[C@H](NC(=O)[C@H](CC(=O)O)NC(=O)[C@H](CO)NC(=O)[C@@H](NC(=O)[C@H](Cc2ccccc2)NC(=O)[C@@H](NC(=O)CNC(=O)[C@H](CCC(=O)O)NC(=O)[C@H](C)NC(=O)[C@@H](N)Cc2c[nH]cn2)[C@@H](C)O)[C@@H](C)O)C(=O)N[C@@H](Cc2ccc(-c3ccccc3C)cc2)C(N)=O)cc1. The van der Waals surface area contributed by atoms with Gasteiger partial charge >= 0.3 is 11.9 Å². The number of nitrogens with two attached hydrogens (primary N) is 2. The number of hydrogen-bond donors (Lipinski definition) is 18. The number of aliphatic carboxylic acids is 2. The van der Waals surface area contributed by atoms with E-state index in [1.807, 2.05) is 79.7 Å². The van der Waals surface area contributed by atoms with Gasteiger partial charge in [-0.25, -0.2) is 4.98 Å². The fourth-order valence-electron chi connectivity index (χ4n) is 11.2. The molecule has 0 unspecified atom stereocenters. The van der Waals surface area contributed by atoms with Crippen LogP contribution in [0.4, 0.5) is 0 Å². The fraction of sp³-hybridized carbons (Fsp3) is 0.378. The van der Waals surface area contributed by atoms with Crippen molar-refractivity contribution >= 4 is 76.9 Å². The van der Waals surface area contributed by atoms with Crippen LogP contribution in [-0.4, -0.2) is 198 Å². The van der Waals surface area contributed by atoms with Crippen LogP contribution in [0.1, 0.15) is 86.9 Å². The number of carboxylic acids is 2. The molecular formula is C74H92N14O18. The highest BCUT2D eigenvalue weighted by Gasteiger charge is 2.38. The summed E-state index contributed by atoms with van der Waals surface area (Å²) in [7, 11) is 0. The van der Waals surface area contributed by atoms with Crippen molar-refractivity contribution in [2.24, 2.45) is 11.5 Å². The number of benzene rings is 5. The Morgan fingerprint density at radius 3 is 1.52 bits per heavy atom. The maximum atomic E-state index is 14.5. The lowest BCUT2D eigenvalue weighted by atomic mass is 9.95. The molecule has 12 atom stereocenters. The van der Waals surface area contributed by atoms with E-state index < -0.39 is 182 Å². The number of primary amides is 1. The zero-order valence-corrected chi connectivity index (χ0v) is 59.1. The van der Waals surface area contributed by atoms with E-state index in [-0.39, 0.29) is 25.7 Å². The van der Waals surface area contributed by atoms with Gasteiger partial charge in [0.2, 0.25) is 65.0 Å². The summed E-state index contributed by atoms with van der Waals surface area (Å²) in [6.45, 7) is 5.28. The average molecular weight is 1470 g/mol. The smallest absolute Gasteiger partial charge is 0.305 e. The van der Waals surface area contributed by atoms with Crippen molar-refractivity contribution in [1.82, 2.24) is 63.1 Å². The van der Waals surface area contributed by atoms with Gasteiger partial charge in [-0.3, -0.25) is 62.3 Å². The molecule has 0 aliphatic rings. The van der Waals surface area contributed by atoms with Gasteiger partial charge in [-0.1, -0.05) is 141 Å². The topological polar surface area (TPSA) is 524 Å². The summed E-state index contributed by atoms with van der Waals surface area (Å²) in [6, 6.07) is 21.2. The maximum Gasteiger partial charge on any atom is 0.305 e. The molecule has 0 saturated carbocycles. The minimum absolute atomic E-state index is 0.0109. The second-order valence-electron chi connectivity index (χ2n) is 25.5. The molecule has 106 heavy (non-hydrogen) atoms.